The molecule has 0 aliphatic rings. The first kappa shape index (κ1) is 14.5. The molecule has 0 aliphatic heterocycles. The average molecular weight is 292 g/mol. The van der Waals surface area contributed by atoms with Crippen LogP contribution in [-0.2, 0) is 6.42 Å². The Morgan fingerprint density at radius 3 is 2.50 bits per heavy atom. The van der Waals surface area contributed by atoms with Crippen molar-refractivity contribution >= 4 is 17.3 Å². The van der Waals surface area contributed by atoms with E-state index in [0.717, 1.165) is 12.0 Å². The maximum atomic E-state index is 6.04. The van der Waals surface area contributed by atoms with Crippen molar-refractivity contribution in [3.8, 4) is 17.2 Å². The highest BCUT2D eigenvalue weighted by atomic mass is 35.5. The van der Waals surface area contributed by atoms with Crippen molar-refractivity contribution in [2.45, 2.75) is 20.3 Å². The van der Waals surface area contributed by atoms with Gasteiger partial charge in [0.05, 0.1) is 17.8 Å². The largest absolute Gasteiger partial charge is 0.493 e. The van der Waals surface area contributed by atoms with Gasteiger partial charge in [0, 0.05) is 6.07 Å². The second-order valence-electron chi connectivity index (χ2n) is 4.58. The molecule has 4 heteroatoms. The molecule has 0 heterocycles. The van der Waals surface area contributed by atoms with Crippen LogP contribution < -0.4 is 15.2 Å². The second kappa shape index (κ2) is 6.06. The highest BCUT2D eigenvalue weighted by molar-refractivity contribution is 6.33. The summed E-state index contributed by atoms with van der Waals surface area (Å²) in [4.78, 5) is 0. The summed E-state index contributed by atoms with van der Waals surface area (Å²) in [7, 11) is 1.63. The van der Waals surface area contributed by atoms with Crippen LogP contribution in [0.3, 0.4) is 0 Å². The molecule has 0 bridgehead atoms. The first-order valence-electron chi connectivity index (χ1n) is 6.45. The predicted octanol–water partition coefficient (Wildman–Crippen LogP) is 4.59. The van der Waals surface area contributed by atoms with Crippen molar-refractivity contribution < 1.29 is 9.47 Å². The van der Waals surface area contributed by atoms with E-state index in [1.165, 1.54) is 5.56 Å². The summed E-state index contributed by atoms with van der Waals surface area (Å²) < 4.78 is 11.3. The third-order valence-electron chi connectivity index (χ3n) is 3.15. The molecule has 0 saturated heterocycles. The normalized spacial score (nSPS) is 10.4. The molecule has 20 heavy (non-hydrogen) atoms. The molecule has 0 radical (unpaired) electrons. The number of nitrogens with two attached hydrogens (primary N) is 1. The molecule has 2 aromatic rings. The lowest BCUT2D eigenvalue weighted by atomic mass is 10.1. The van der Waals surface area contributed by atoms with Crippen LogP contribution in [0.1, 0.15) is 18.1 Å². The monoisotopic (exact) mass is 291 g/mol. The molecule has 106 valence electrons. The molecule has 0 aliphatic carbocycles. The lowest BCUT2D eigenvalue weighted by molar-refractivity contribution is 0.377. The molecule has 0 spiro atoms. The van der Waals surface area contributed by atoms with Gasteiger partial charge in [-0.1, -0.05) is 24.6 Å². The molecule has 0 fully saturated rings. The van der Waals surface area contributed by atoms with Crippen LogP contribution in [0.2, 0.25) is 5.02 Å². The number of halogens is 1. The van der Waals surface area contributed by atoms with Gasteiger partial charge in [0.25, 0.3) is 0 Å². The molecular weight excluding hydrogens is 274 g/mol. The molecule has 0 saturated carbocycles. The smallest absolute Gasteiger partial charge is 0.169 e. The van der Waals surface area contributed by atoms with Crippen LogP contribution in [0, 0.1) is 6.92 Å². The number of nitrogen functional groups attached to an aromatic ring is 1. The average Bonchev–Trinajstić information content (AvgIpc) is 2.45. The predicted molar refractivity (Wildman–Crippen MR) is 83.0 cm³/mol. The number of hydrogen-bond acceptors (Lipinski definition) is 3. The second-order valence-corrected chi connectivity index (χ2v) is 4.99. The summed E-state index contributed by atoms with van der Waals surface area (Å²) in [5, 5.41) is 0.481. The quantitative estimate of drug-likeness (QED) is 0.838. The number of anilines is 1. The van der Waals surface area contributed by atoms with Crippen molar-refractivity contribution in [3.63, 3.8) is 0 Å². The lowest BCUT2D eigenvalue weighted by Gasteiger charge is -2.14. The van der Waals surface area contributed by atoms with Crippen molar-refractivity contribution in [2.75, 3.05) is 12.8 Å². The number of benzene rings is 2. The summed E-state index contributed by atoms with van der Waals surface area (Å²) in [5.41, 5.74) is 8.43. The Morgan fingerprint density at radius 1 is 1.10 bits per heavy atom. The first-order chi connectivity index (χ1) is 9.55. The summed E-state index contributed by atoms with van der Waals surface area (Å²) in [6, 6.07) is 9.42. The van der Waals surface area contributed by atoms with Gasteiger partial charge < -0.3 is 15.2 Å². The van der Waals surface area contributed by atoms with Gasteiger partial charge in [-0.3, -0.25) is 0 Å². The Hall–Kier alpha value is -1.87. The molecule has 2 rings (SSSR count). The SMILES string of the molecule is CCc1ccc(Oc2cc(Cl)c(N)cc2C)c(OC)c1. The Balaban J connectivity index is 2.37. The van der Waals surface area contributed by atoms with Gasteiger partial charge in [-0.25, -0.2) is 0 Å². The zero-order chi connectivity index (χ0) is 14.7. The Labute approximate surface area is 124 Å². The van der Waals surface area contributed by atoms with E-state index >= 15 is 0 Å². The van der Waals surface area contributed by atoms with Crippen LogP contribution in [0.5, 0.6) is 17.2 Å². The maximum Gasteiger partial charge on any atom is 0.169 e. The lowest BCUT2D eigenvalue weighted by Crippen LogP contribution is -1.95. The Morgan fingerprint density at radius 2 is 1.85 bits per heavy atom. The van der Waals surface area contributed by atoms with E-state index in [0.29, 0.717) is 28.0 Å². The van der Waals surface area contributed by atoms with E-state index in [9.17, 15) is 0 Å². The highest BCUT2D eigenvalue weighted by Gasteiger charge is 2.10. The molecule has 0 aromatic heterocycles. The molecule has 0 amide bonds. The van der Waals surface area contributed by atoms with E-state index in [-0.39, 0.29) is 0 Å². The van der Waals surface area contributed by atoms with Crippen LogP contribution >= 0.6 is 11.6 Å². The topological polar surface area (TPSA) is 44.5 Å². The molecule has 3 nitrogen and oxygen atoms in total. The van der Waals surface area contributed by atoms with E-state index in [2.05, 4.69) is 6.92 Å². The molecule has 0 atom stereocenters. The number of hydrogen-bond donors (Lipinski definition) is 1. The van der Waals surface area contributed by atoms with Crippen molar-refractivity contribution in [2.24, 2.45) is 0 Å². The number of aryl methyl sites for hydroxylation is 2. The molecule has 0 unspecified atom stereocenters. The van der Waals surface area contributed by atoms with Crippen molar-refractivity contribution in [1.29, 1.82) is 0 Å². The van der Waals surface area contributed by atoms with E-state index in [1.54, 1.807) is 19.2 Å². The van der Waals surface area contributed by atoms with Crippen LogP contribution in [-0.4, -0.2) is 7.11 Å². The number of ether oxygens (including phenoxy) is 2. The summed E-state index contributed by atoms with van der Waals surface area (Å²) >= 11 is 6.04. The minimum absolute atomic E-state index is 0.481. The van der Waals surface area contributed by atoms with Gasteiger partial charge in [-0.05, 0) is 42.7 Å². The fourth-order valence-electron chi connectivity index (χ4n) is 1.93. The zero-order valence-corrected chi connectivity index (χ0v) is 12.6. The van der Waals surface area contributed by atoms with Crippen LogP contribution in [0.4, 0.5) is 5.69 Å². The minimum Gasteiger partial charge on any atom is -0.493 e. The van der Waals surface area contributed by atoms with E-state index < -0.39 is 0 Å². The van der Waals surface area contributed by atoms with Gasteiger partial charge in [-0.15, -0.1) is 0 Å². The van der Waals surface area contributed by atoms with E-state index in [1.807, 2.05) is 25.1 Å². The van der Waals surface area contributed by atoms with Gasteiger partial charge in [0.15, 0.2) is 11.5 Å². The van der Waals surface area contributed by atoms with Crippen molar-refractivity contribution in [3.05, 3.63) is 46.5 Å². The summed E-state index contributed by atoms with van der Waals surface area (Å²) in [6.07, 6.45) is 0.948. The van der Waals surface area contributed by atoms with Gasteiger partial charge in [0.2, 0.25) is 0 Å². The number of rotatable bonds is 4. The number of methoxy groups -OCH3 is 1. The van der Waals surface area contributed by atoms with Gasteiger partial charge in [0.1, 0.15) is 5.75 Å². The zero-order valence-electron chi connectivity index (χ0n) is 11.9. The fraction of sp³-hybridized carbons (Fsp3) is 0.250. The van der Waals surface area contributed by atoms with Crippen LogP contribution in [0.15, 0.2) is 30.3 Å². The molecule has 2 N–H and O–H groups in total. The highest BCUT2D eigenvalue weighted by Crippen LogP contribution is 2.36. The Kier molecular flexibility index (Phi) is 4.40. The van der Waals surface area contributed by atoms with Crippen molar-refractivity contribution in [1.82, 2.24) is 0 Å². The van der Waals surface area contributed by atoms with E-state index in [4.69, 9.17) is 26.8 Å². The summed E-state index contributed by atoms with van der Waals surface area (Å²) in [6.45, 7) is 4.02. The molecular formula is C16H18ClNO2. The molecule has 2 aromatic carbocycles. The maximum absolute atomic E-state index is 6.04. The third-order valence-corrected chi connectivity index (χ3v) is 3.48. The standard InChI is InChI=1S/C16H18ClNO2/c1-4-11-5-6-14(16(8-11)19-3)20-15-9-12(17)13(18)7-10(15)2/h5-9H,4,18H2,1-3H3. The van der Waals surface area contributed by atoms with Crippen LogP contribution in [0.25, 0.3) is 0 Å². The summed E-state index contributed by atoms with van der Waals surface area (Å²) in [5.74, 6) is 2.04. The minimum atomic E-state index is 0.481. The van der Waals surface area contributed by atoms with Gasteiger partial charge in [-0.2, -0.15) is 0 Å². The third kappa shape index (κ3) is 2.99. The Bertz CT molecular complexity index is 626. The van der Waals surface area contributed by atoms with Gasteiger partial charge >= 0.3 is 0 Å². The first-order valence-corrected chi connectivity index (χ1v) is 6.83. The fourth-order valence-corrected chi connectivity index (χ4v) is 2.08.